The van der Waals surface area contributed by atoms with Crippen LogP contribution >= 0.6 is 0 Å². The third kappa shape index (κ3) is 2.63. The maximum atomic E-state index is 13.8. The highest BCUT2D eigenvalue weighted by Gasteiger charge is 2.44. The van der Waals surface area contributed by atoms with E-state index in [-0.39, 0.29) is 5.82 Å². The van der Waals surface area contributed by atoms with Crippen molar-refractivity contribution in [2.24, 2.45) is 0 Å². The largest absolute Gasteiger partial charge is 0.248 e. The van der Waals surface area contributed by atoms with Crippen molar-refractivity contribution < 1.29 is 4.39 Å². The van der Waals surface area contributed by atoms with Crippen LogP contribution in [0.3, 0.4) is 0 Å². The van der Waals surface area contributed by atoms with Crippen LogP contribution in [0.15, 0.2) is 29.1 Å². The van der Waals surface area contributed by atoms with Gasteiger partial charge in [-0.3, -0.25) is 0 Å². The molecule has 96 valence electrons. The van der Waals surface area contributed by atoms with Gasteiger partial charge in [0.1, 0.15) is 0 Å². The van der Waals surface area contributed by atoms with Gasteiger partial charge in [0.25, 0.3) is 0 Å². The first kappa shape index (κ1) is 13.7. The van der Waals surface area contributed by atoms with Gasteiger partial charge in [-0.05, 0) is 12.1 Å². The Morgan fingerprint density at radius 3 is 2.11 bits per heavy atom. The molecule has 0 atom stereocenters. The Kier molecular flexibility index (Phi) is 3.59. The van der Waals surface area contributed by atoms with Crippen LogP contribution in [0.2, 0.25) is 38.3 Å². The molecule has 0 unspecified atom stereocenters. The lowest BCUT2D eigenvalue weighted by Crippen LogP contribution is -2.48. The second-order valence-corrected chi connectivity index (χ2v) is 16.6. The Balaban J connectivity index is 2.49. The molecule has 0 spiro atoms. The zero-order valence-corrected chi connectivity index (χ0v) is 13.8. The van der Waals surface area contributed by atoms with Crippen molar-refractivity contribution >= 4 is 16.1 Å². The smallest absolute Gasteiger partial charge is 0.126 e. The van der Waals surface area contributed by atoms with Gasteiger partial charge in [-0.1, -0.05) is 44.7 Å². The fourth-order valence-electron chi connectivity index (χ4n) is 3.17. The van der Waals surface area contributed by atoms with Gasteiger partial charge in [-0.25, -0.2) is 0 Å². The van der Waals surface area contributed by atoms with E-state index in [9.17, 15) is 4.39 Å². The van der Waals surface area contributed by atoms with E-state index in [0.29, 0.717) is 5.56 Å². The van der Waals surface area contributed by atoms with E-state index in [0.717, 1.165) is 0 Å². The Bertz CT molecular complexity index is 457. The maximum Gasteiger partial charge on any atom is 0.248 e. The molecule has 0 aromatic heterocycles. The second kappa shape index (κ2) is 4.73. The fraction of sp³-hybridized carbons (Fsp3) is 0.467. The molecule has 18 heavy (non-hydrogen) atoms. The number of hydrogen-bond donors (Lipinski definition) is 0. The molecule has 3 heteroatoms. The van der Waals surface area contributed by atoms with Crippen molar-refractivity contribution in [3.63, 3.8) is 0 Å². The molecule has 0 N–H and O–H groups in total. The van der Waals surface area contributed by atoms with E-state index in [1.165, 1.54) is 29.4 Å². The van der Waals surface area contributed by atoms with E-state index in [2.05, 4.69) is 32.3 Å². The van der Waals surface area contributed by atoms with Crippen LogP contribution in [0.5, 0.6) is 0 Å². The summed E-state index contributed by atoms with van der Waals surface area (Å²) in [5.74, 6) is -0.134. The fourth-order valence-corrected chi connectivity index (χ4v) is 15.2. The van der Waals surface area contributed by atoms with E-state index in [4.69, 9.17) is 0 Å². The summed E-state index contributed by atoms with van der Waals surface area (Å²) in [7, 11) is -2.72. The minimum absolute atomic E-state index is 0.134. The van der Waals surface area contributed by atoms with Crippen LogP contribution in [0.4, 0.5) is 4.39 Å². The molecule has 0 saturated carbocycles. The molecule has 1 saturated heterocycles. The van der Waals surface area contributed by atoms with E-state index in [1.807, 2.05) is 12.1 Å². The van der Waals surface area contributed by atoms with Crippen molar-refractivity contribution in [3.8, 4) is 0 Å². The standard InChI is InChI=1S/C15H22FSi2/c1-17(2)10-7-11-18(3,4)15(17)12-13-8-5-6-9-14(13)16/h5-6,8-9H,7,10-11H2,1-4H3/q+1. The van der Waals surface area contributed by atoms with E-state index < -0.39 is 16.1 Å². The van der Waals surface area contributed by atoms with Gasteiger partial charge in [0.2, 0.25) is 11.4 Å². The van der Waals surface area contributed by atoms with Crippen molar-refractivity contribution in [3.05, 3.63) is 46.5 Å². The normalized spacial score (nSPS) is 21.5. The van der Waals surface area contributed by atoms with Crippen molar-refractivity contribution in [2.75, 3.05) is 0 Å². The Morgan fingerprint density at radius 2 is 1.56 bits per heavy atom. The summed E-state index contributed by atoms with van der Waals surface area (Å²) < 4.78 is 13.8. The summed E-state index contributed by atoms with van der Waals surface area (Å²) in [6.07, 6.45) is 4.86. The first-order valence-corrected chi connectivity index (χ1v) is 13.1. The van der Waals surface area contributed by atoms with Gasteiger partial charge in [0, 0.05) is 17.0 Å². The highest BCUT2D eigenvalue weighted by molar-refractivity contribution is 7.06. The second-order valence-electron chi connectivity index (χ2n) is 6.60. The van der Waals surface area contributed by atoms with Crippen LogP contribution < -0.4 is 0 Å². The Hall–Kier alpha value is -0.766. The van der Waals surface area contributed by atoms with Gasteiger partial charge in [-0.15, -0.1) is 4.39 Å². The first-order chi connectivity index (χ1) is 8.33. The van der Waals surface area contributed by atoms with Crippen LogP contribution in [-0.4, -0.2) is 16.1 Å². The molecule has 1 aromatic carbocycles. The number of halogens is 1. The Labute approximate surface area is 112 Å². The topological polar surface area (TPSA) is 0 Å². The summed E-state index contributed by atoms with van der Waals surface area (Å²) in [5.41, 5.74) is 0.663. The molecule has 1 fully saturated rings. The number of rotatable bonds is 1. The summed E-state index contributed by atoms with van der Waals surface area (Å²) in [6.45, 7) is 9.68. The lowest BCUT2D eigenvalue weighted by molar-refractivity contribution is 0.622. The molecular formula is C15H22FSi2+. The molecule has 1 aliphatic heterocycles. The van der Waals surface area contributed by atoms with Gasteiger partial charge < -0.3 is 0 Å². The number of benzene rings is 1. The average molecular weight is 278 g/mol. The molecule has 0 bridgehead atoms. The van der Waals surface area contributed by atoms with Crippen molar-refractivity contribution in [2.45, 2.75) is 44.7 Å². The maximum absolute atomic E-state index is 13.8. The van der Waals surface area contributed by atoms with Gasteiger partial charge in [0.05, 0.1) is 22.2 Å². The van der Waals surface area contributed by atoms with E-state index >= 15 is 0 Å². The van der Waals surface area contributed by atoms with Crippen LogP contribution in [0.1, 0.15) is 12.0 Å². The van der Waals surface area contributed by atoms with Crippen LogP contribution in [-0.2, 0) is 0 Å². The molecule has 2 rings (SSSR count). The van der Waals surface area contributed by atoms with Gasteiger partial charge in [-0.2, -0.15) is 0 Å². The first-order valence-electron chi connectivity index (χ1n) is 6.72. The third-order valence-electron chi connectivity index (χ3n) is 4.09. The molecule has 0 aliphatic carbocycles. The summed E-state index contributed by atoms with van der Waals surface area (Å²) in [4.78, 5) is 1.53. The minimum atomic E-state index is -1.36. The van der Waals surface area contributed by atoms with E-state index in [1.54, 1.807) is 6.07 Å². The summed E-state index contributed by atoms with van der Waals surface area (Å²) >= 11 is 0. The zero-order chi connectivity index (χ0) is 13.4. The molecule has 1 aliphatic rings. The van der Waals surface area contributed by atoms with Crippen molar-refractivity contribution in [1.29, 1.82) is 0 Å². The quantitative estimate of drug-likeness (QED) is 0.511. The van der Waals surface area contributed by atoms with Crippen molar-refractivity contribution in [1.82, 2.24) is 0 Å². The molecule has 0 nitrogen and oxygen atoms in total. The van der Waals surface area contributed by atoms with Crippen LogP contribution in [0.25, 0.3) is 0 Å². The third-order valence-corrected chi connectivity index (χ3v) is 14.3. The number of hydrogen-bond acceptors (Lipinski definition) is 0. The average Bonchev–Trinajstić information content (AvgIpc) is 2.25. The lowest BCUT2D eigenvalue weighted by atomic mass is 10.2. The highest BCUT2D eigenvalue weighted by Crippen LogP contribution is 2.39. The highest BCUT2D eigenvalue weighted by atomic mass is 28.4. The van der Waals surface area contributed by atoms with Gasteiger partial charge >= 0.3 is 0 Å². The molecule has 0 amide bonds. The predicted octanol–water partition coefficient (Wildman–Crippen LogP) is 4.80. The predicted molar refractivity (Wildman–Crippen MR) is 81.5 cm³/mol. The molecular weight excluding hydrogens is 255 g/mol. The SMILES string of the molecule is C[Si]1(C)CCC[Si](C)(C)C1=[C+]c1ccccc1F. The summed E-state index contributed by atoms with van der Waals surface area (Å²) in [5, 5.41) is 0. The monoisotopic (exact) mass is 277 g/mol. The minimum Gasteiger partial charge on any atom is -0.126 e. The molecule has 0 radical (unpaired) electrons. The van der Waals surface area contributed by atoms with Crippen LogP contribution in [0, 0.1) is 11.9 Å². The summed E-state index contributed by atoms with van der Waals surface area (Å²) in [6, 6.07) is 9.70. The molecule has 1 heterocycles. The van der Waals surface area contributed by atoms with Gasteiger partial charge in [0.15, 0.2) is 0 Å². The zero-order valence-electron chi connectivity index (χ0n) is 11.8. The Morgan fingerprint density at radius 1 is 1.00 bits per heavy atom. The molecule has 1 aromatic rings. The lowest BCUT2D eigenvalue weighted by Gasteiger charge is -2.38.